The van der Waals surface area contributed by atoms with Crippen molar-refractivity contribution >= 4 is 29.1 Å². The lowest BCUT2D eigenvalue weighted by Gasteiger charge is -2.31. The van der Waals surface area contributed by atoms with E-state index in [4.69, 9.17) is 9.47 Å². The number of amides is 1. The standard InChI is InChI=1S/C17H20N2O2S.C5H12O/c1-2-21-16-7-3-6-15-14(16)5-4-8-17(15)22-19-11-9-18(13-20)10-12-19;1-5(2,3)6-4/h3-8,13H,2,9-12H2,1H3;1-4H3. The highest BCUT2D eigenvalue weighted by molar-refractivity contribution is 7.97. The van der Waals surface area contributed by atoms with Crippen LogP contribution >= 0.6 is 11.9 Å². The van der Waals surface area contributed by atoms with Gasteiger partial charge in [0, 0.05) is 49.0 Å². The first-order chi connectivity index (χ1) is 13.4. The zero-order chi connectivity index (χ0) is 20.6. The molecule has 1 aliphatic heterocycles. The van der Waals surface area contributed by atoms with Gasteiger partial charge in [-0.1, -0.05) is 24.3 Å². The van der Waals surface area contributed by atoms with E-state index in [9.17, 15) is 4.79 Å². The summed E-state index contributed by atoms with van der Waals surface area (Å²) in [5.41, 5.74) is 0.0417. The van der Waals surface area contributed by atoms with Crippen LogP contribution in [0.4, 0.5) is 0 Å². The molecule has 3 rings (SSSR count). The normalized spacial score (nSPS) is 15.1. The summed E-state index contributed by atoms with van der Waals surface area (Å²) in [6.07, 6.45) is 0.939. The van der Waals surface area contributed by atoms with Gasteiger partial charge in [0.2, 0.25) is 6.41 Å². The van der Waals surface area contributed by atoms with Crippen LogP contribution in [0, 0.1) is 0 Å². The smallest absolute Gasteiger partial charge is 0.209 e. The molecule has 2 aromatic carbocycles. The van der Waals surface area contributed by atoms with E-state index in [2.05, 4.69) is 28.6 Å². The van der Waals surface area contributed by atoms with Gasteiger partial charge in [-0.05, 0) is 51.8 Å². The Hall–Kier alpha value is -1.76. The summed E-state index contributed by atoms with van der Waals surface area (Å²) in [6, 6.07) is 12.5. The van der Waals surface area contributed by atoms with Crippen molar-refractivity contribution in [1.29, 1.82) is 0 Å². The van der Waals surface area contributed by atoms with Gasteiger partial charge >= 0.3 is 0 Å². The van der Waals surface area contributed by atoms with Crippen LogP contribution in [0.15, 0.2) is 41.3 Å². The van der Waals surface area contributed by atoms with E-state index < -0.39 is 0 Å². The minimum Gasteiger partial charge on any atom is -0.493 e. The Morgan fingerprint density at radius 1 is 1.04 bits per heavy atom. The number of ether oxygens (including phenoxy) is 2. The van der Waals surface area contributed by atoms with Gasteiger partial charge in [0.1, 0.15) is 5.75 Å². The number of rotatable bonds is 5. The van der Waals surface area contributed by atoms with Crippen LogP contribution in [-0.4, -0.2) is 61.1 Å². The lowest BCUT2D eigenvalue weighted by atomic mass is 10.1. The molecule has 1 fully saturated rings. The summed E-state index contributed by atoms with van der Waals surface area (Å²) in [7, 11) is 1.71. The molecule has 0 radical (unpaired) electrons. The van der Waals surface area contributed by atoms with Crippen LogP contribution in [0.1, 0.15) is 27.7 Å². The number of carbonyl (C=O) groups excluding carboxylic acids is 1. The fourth-order valence-corrected chi connectivity index (χ4v) is 3.69. The first-order valence-electron chi connectivity index (χ1n) is 9.70. The third kappa shape index (κ3) is 6.69. The minimum absolute atomic E-state index is 0.0417. The Bertz CT molecular complexity index is 753. The Balaban J connectivity index is 0.000000409. The SMILES string of the molecule is CCOc1cccc2c(SN3CCN(C=O)CC3)cccc12.COC(C)(C)C. The lowest BCUT2D eigenvalue weighted by Crippen LogP contribution is -2.42. The Morgan fingerprint density at radius 3 is 2.21 bits per heavy atom. The van der Waals surface area contributed by atoms with Crippen molar-refractivity contribution in [2.75, 3.05) is 39.9 Å². The average molecular weight is 405 g/mol. The van der Waals surface area contributed by atoms with Crippen LogP contribution in [0.25, 0.3) is 10.8 Å². The highest BCUT2D eigenvalue weighted by Gasteiger charge is 2.17. The molecule has 28 heavy (non-hydrogen) atoms. The molecule has 0 bridgehead atoms. The first-order valence-corrected chi connectivity index (χ1v) is 10.5. The molecule has 1 amide bonds. The van der Waals surface area contributed by atoms with E-state index in [-0.39, 0.29) is 5.60 Å². The molecular formula is C22H32N2O3S. The number of hydrogen-bond acceptors (Lipinski definition) is 5. The molecule has 0 unspecified atom stereocenters. The molecule has 2 aromatic rings. The van der Waals surface area contributed by atoms with Crippen LogP contribution in [0.5, 0.6) is 5.75 Å². The molecule has 1 aliphatic rings. The number of piperazine rings is 1. The minimum atomic E-state index is 0.0417. The van der Waals surface area contributed by atoms with Gasteiger partial charge < -0.3 is 14.4 Å². The molecule has 6 heteroatoms. The summed E-state index contributed by atoms with van der Waals surface area (Å²) < 4.78 is 13.0. The number of nitrogens with zero attached hydrogens (tertiary/aromatic N) is 2. The second kappa shape index (κ2) is 10.7. The van der Waals surface area contributed by atoms with Crippen molar-refractivity contribution in [3.8, 4) is 5.75 Å². The number of benzene rings is 2. The predicted molar refractivity (Wildman–Crippen MR) is 117 cm³/mol. The van der Waals surface area contributed by atoms with Gasteiger partial charge in [-0.2, -0.15) is 0 Å². The molecule has 0 aliphatic carbocycles. The van der Waals surface area contributed by atoms with Crippen LogP contribution in [0.2, 0.25) is 0 Å². The van der Waals surface area contributed by atoms with Crippen molar-refractivity contribution in [3.05, 3.63) is 36.4 Å². The van der Waals surface area contributed by atoms with E-state index in [1.54, 1.807) is 19.1 Å². The van der Waals surface area contributed by atoms with Crippen LogP contribution < -0.4 is 4.74 Å². The first kappa shape index (κ1) is 22.5. The maximum Gasteiger partial charge on any atom is 0.209 e. The molecule has 0 saturated carbocycles. The molecule has 154 valence electrons. The number of methoxy groups -OCH3 is 1. The number of hydrogen-bond donors (Lipinski definition) is 0. The molecule has 0 N–H and O–H groups in total. The average Bonchev–Trinajstić information content (AvgIpc) is 2.69. The van der Waals surface area contributed by atoms with Gasteiger partial charge in [-0.3, -0.25) is 4.79 Å². The highest BCUT2D eigenvalue weighted by atomic mass is 32.2. The quantitative estimate of drug-likeness (QED) is 0.544. The molecule has 5 nitrogen and oxygen atoms in total. The Kier molecular flexibility index (Phi) is 8.60. The second-order valence-electron chi connectivity index (χ2n) is 7.52. The molecule has 0 aromatic heterocycles. The largest absolute Gasteiger partial charge is 0.493 e. The van der Waals surface area contributed by atoms with E-state index in [0.717, 1.165) is 43.7 Å². The van der Waals surface area contributed by atoms with Gasteiger partial charge in [-0.15, -0.1) is 0 Å². The summed E-state index contributed by atoms with van der Waals surface area (Å²) >= 11 is 1.77. The number of carbonyl (C=O) groups is 1. The Morgan fingerprint density at radius 2 is 1.64 bits per heavy atom. The van der Waals surface area contributed by atoms with Crippen LogP contribution in [-0.2, 0) is 9.53 Å². The van der Waals surface area contributed by atoms with Crippen molar-refractivity contribution in [1.82, 2.24) is 9.21 Å². The van der Waals surface area contributed by atoms with Crippen molar-refractivity contribution in [2.45, 2.75) is 38.2 Å². The Labute approximate surface area is 173 Å². The zero-order valence-electron chi connectivity index (χ0n) is 17.6. The van der Waals surface area contributed by atoms with Gasteiger partial charge in [-0.25, -0.2) is 4.31 Å². The summed E-state index contributed by atoms with van der Waals surface area (Å²) in [6.45, 7) is 12.1. The van der Waals surface area contributed by atoms with Gasteiger partial charge in [0.25, 0.3) is 0 Å². The van der Waals surface area contributed by atoms with Crippen molar-refractivity contribution in [3.63, 3.8) is 0 Å². The molecule has 1 heterocycles. The summed E-state index contributed by atoms with van der Waals surface area (Å²) in [5.74, 6) is 0.938. The van der Waals surface area contributed by atoms with E-state index in [1.165, 1.54) is 10.3 Å². The topological polar surface area (TPSA) is 42.0 Å². The fourth-order valence-electron chi connectivity index (χ4n) is 2.65. The zero-order valence-corrected chi connectivity index (χ0v) is 18.4. The molecule has 0 atom stereocenters. The third-order valence-electron chi connectivity index (χ3n) is 4.40. The van der Waals surface area contributed by atoms with Gasteiger partial charge in [0.15, 0.2) is 0 Å². The maximum atomic E-state index is 10.8. The molecular weight excluding hydrogens is 372 g/mol. The van der Waals surface area contributed by atoms with Crippen molar-refractivity contribution < 1.29 is 14.3 Å². The molecule has 1 saturated heterocycles. The predicted octanol–water partition coefficient (Wildman–Crippen LogP) is 4.45. The second-order valence-corrected chi connectivity index (χ2v) is 8.66. The summed E-state index contributed by atoms with van der Waals surface area (Å²) in [5, 5.41) is 2.37. The van der Waals surface area contributed by atoms with E-state index in [0.29, 0.717) is 6.61 Å². The summed E-state index contributed by atoms with van der Waals surface area (Å²) in [4.78, 5) is 13.8. The maximum absolute atomic E-state index is 10.8. The van der Waals surface area contributed by atoms with E-state index >= 15 is 0 Å². The third-order valence-corrected chi connectivity index (χ3v) is 5.58. The van der Waals surface area contributed by atoms with Crippen LogP contribution in [0.3, 0.4) is 0 Å². The van der Waals surface area contributed by atoms with Gasteiger partial charge in [0.05, 0.1) is 12.2 Å². The fraction of sp³-hybridized carbons (Fsp3) is 0.500. The monoisotopic (exact) mass is 404 g/mol. The van der Waals surface area contributed by atoms with Crippen molar-refractivity contribution in [2.24, 2.45) is 0 Å². The van der Waals surface area contributed by atoms with E-state index in [1.807, 2.05) is 44.7 Å². The lowest BCUT2D eigenvalue weighted by molar-refractivity contribution is -0.119. The highest BCUT2D eigenvalue weighted by Crippen LogP contribution is 2.34. The molecule has 0 spiro atoms. The number of fused-ring (bicyclic) bond motifs is 1.